The number of carboxylic acids is 1. The van der Waals surface area contributed by atoms with Gasteiger partial charge in [0.1, 0.15) is 5.69 Å². The maximum Gasteiger partial charge on any atom is 0.309 e. The van der Waals surface area contributed by atoms with E-state index >= 15 is 0 Å². The SMILES string of the molecule is CC(C)CN(C)C(=O)c1cc(C(=O)N[C@H](Cc2ccc(-c3ccccc3)cc2)CC(C)(C)C(=O)O)n[nH]1. The second-order valence-corrected chi connectivity index (χ2v) is 10.6. The number of aliphatic carboxylic acids is 1. The molecule has 0 aliphatic carbocycles. The minimum atomic E-state index is -1.05. The van der Waals surface area contributed by atoms with Gasteiger partial charge in [-0.25, -0.2) is 0 Å². The first-order chi connectivity index (χ1) is 17.5. The Bertz CT molecular complexity index is 1220. The van der Waals surface area contributed by atoms with Crippen LogP contribution in [-0.2, 0) is 11.2 Å². The number of nitrogens with one attached hydrogen (secondary N) is 2. The van der Waals surface area contributed by atoms with E-state index in [1.165, 1.54) is 6.07 Å². The molecule has 1 atom stereocenters. The number of amides is 2. The Balaban J connectivity index is 1.75. The number of rotatable bonds is 11. The smallest absolute Gasteiger partial charge is 0.309 e. The van der Waals surface area contributed by atoms with Crippen LogP contribution < -0.4 is 5.32 Å². The Hall–Kier alpha value is -3.94. The van der Waals surface area contributed by atoms with E-state index in [0.717, 1.165) is 16.7 Å². The van der Waals surface area contributed by atoms with Crippen LogP contribution in [0.25, 0.3) is 11.1 Å². The lowest BCUT2D eigenvalue weighted by molar-refractivity contribution is -0.147. The van der Waals surface area contributed by atoms with E-state index in [-0.39, 0.29) is 23.7 Å². The molecule has 0 radical (unpaired) electrons. The molecule has 2 amide bonds. The van der Waals surface area contributed by atoms with Crippen molar-refractivity contribution < 1.29 is 19.5 Å². The van der Waals surface area contributed by atoms with Gasteiger partial charge in [-0.2, -0.15) is 5.10 Å². The lowest BCUT2D eigenvalue weighted by atomic mass is 9.83. The molecule has 8 heteroatoms. The number of carbonyl (C=O) groups is 3. The number of hydrogen-bond acceptors (Lipinski definition) is 4. The van der Waals surface area contributed by atoms with Gasteiger partial charge < -0.3 is 15.3 Å². The maximum atomic E-state index is 13.1. The molecule has 196 valence electrons. The highest BCUT2D eigenvalue weighted by Crippen LogP contribution is 2.26. The van der Waals surface area contributed by atoms with Crippen LogP contribution in [0.3, 0.4) is 0 Å². The van der Waals surface area contributed by atoms with Crippen molar-refractivity contribution in [3.8, 4) is 11.1 Å². The van der Waals surface area contributed by atoms with Crippen LogP contribution in [0.2, 0.25) is 0 Å². The van der Waals surface area contributed by atoms with Gasteiger partial charge in [0.2, 0.25) is 0 Å². The number of carboxylic acid groups (broad SMARTS) is 1. The largest absolute Gasteiger partial charge is 0.481 e. The standard InChI is InChI=1S/C29H36N4O4/c1-19(2)18-33(5)27(35)25-16-24(31-32-25)26(34)30-23(17-29(3,4)28(36)37)15-20-11-13-22(14-12-20)21-9-7-6-8-10-21/h6-14,16,19,23H,15,17-18H2,1-5H3,(H,30,34)(H,31,32)(H,36,37)/t23-/m1/s1. The summed E-state index contributed by atoms with van der Waals surface area (Å²) in [6.45, 7) is 7.90. The van der Waals surface area contributed by atoms with E-state index in [1.807, 2.05) is 68.4 Å². The number of H-pyrrole nitrogens is 1. The molecule has 3 aromatic rings. The number of benzene rings is 2. The van der Waals surface area contributed by atoms with Crippen LogP contribution in [0.4, 0.5) is 0 Å². The Morgan fingerprint density at radius 2 is 1.65 bits per heavy atom. The normalized spacial score (nSPS) is 12.3. The highest BCUT2D eigenvalue weighted by Gasteiger charge is 2.32. The third-order valence-electron chi connectivity index (χ3n) is 6.24. The summed E-state index contributed by atoms with van der Waals surface area (Å²) in [5.41, 5.74) is 2.42. The van der Waals surface area contributed by atoms with E-state index in [2.05, 4.69) is 15.5 Å². The van der Waals surface area contributed by atoms with E-state index in [1.54, 1.807) is 25.8 Å². The lowest BCUT2D eigenvalue weighted by Gasteiger charge is -2.27. The van der Waals surface area contributed by atoms with Gasteiger partial charge in [-0.05, 0) is 49.3 Å². The molecule has 0 saturated carbocycles. The van der Waals surface area contributed by atoms with Crippen molar-refractivity contribution in [3.05, 3.63) is 77.6 Å². The van der Waals surface area contributed by atoms with Crippen molar-refractivity contribution in [1.82, 2.24) is 20.4 Å². The molecule has 3 rings (SSSR count). The average molecular weight is 505 g/mol. The fraction of sp³-hybridized carbons (Fsp3) is 0.379. The summed E-state index contributed by atoms with van der Waals surface area (Å²) < 4.78 is 0. The Kier molecular flexibility index (Phi) is 8.86. The highest BCUT2D eigenvalue weighted by molar-refractivity contribution is 5.97. The lowest BCUT2D eigenvalue weighted by Crippen LogP contribution is -2.41. The molecule has 0 fully saturated rings. The molecule has 0 saturated heterocycles. The molecular formula is C29H36N4O4. The quantitative estimate of drug-likeness (QED) is 0.352. The van der Waals surface area contributed by atoms with E-state index in [9.17, 15) is 19.5 Å². The Morgan fingerprint density at radius 1 is 1.03 bits per heavy atom. The molecule has 0 aliphatic rings. The topological polar surface area (TPSA) is 115 Å². The number of nitrogens with zero attached hydrogens (tertiary/aromatic N) is 2. The van der Waals surface area contributed by atoms with Crippen molar-refractivity contribution in [2.45, 2.75) is 46.6 Å². The highest BCUT2D eigenvalue weighted by atomic mass is 16.4. The first-order valence-corrected chi connectivity index (χ1v) is 12.5. The molecule has 8 nitrogen and oxygen atoms in total. The number of carbonyl (C=O) groups excluding carboxylic acids is 2. The predicted octanol–water partition coefficient (Wildman–Crippen LogP) is 4.65. The summed E-state index contributed by atoms with van der Waals surface area (Å²) in [6.07, 6.45) is 0.673. The van der Waals surface area contributed by atoms with Gasteiger partial charge in [-0.15, -0.1) is 0 Å². The van der Waals surface area contributed by atoms with Gasteiger partial charge in [0.05, 0.1) is 5.41 Å². The summed E-state index contributed by atoms with van der Waals surface area (Å²) in [7, 11) is 1.70. The fourth-order valence-electron chi connectivity index (χ4n) is 4.27. The van der Waals surface area contributed by atoms with Gasteiger partial charge >= 0.3 is 5.97 Å². The molecule has 1 heterocycles. The van der Waals surface area contributed by atoms with Gasteiger partial charge in [0.25, 0.3) is 11.8 Å². The molecule has 0 unspecified atom stereocenters. The molecule has 0 bridgehead atoms. The molecule has 3 N–H and O–H groups in total. The summed E-state index contributed by atoms with van der Waals surface area (Å²) in [6, 6.07) is 19.0. The second kappa shape index (κ2) is 11.9. The van der Waals surface area contributed by atoms with Gasteiger partial charge in [-0.3, -0.25) is 19.5 Å². The molecule has 37 heavy (non-hydrogen) atoms. The summed E-state index contributed by atoms with van der Waals surface area (Å²) >= 11 is 0. The van der Waals surface area contributed by atoms with Crippen molar-refractivity contribution in [2.75, 3.05) is 13.6 Å². The van der Waals surface area contributed by atoms with E-state index < -0.39 is 23.3 Å². The number of aromatic amines is 1. The van der Waals surface area contributed by atoms with Crippen LogP contribution in [0, 0.1) is 11.3 Å². The first-order valence-electron chi connectivity index (χ1n) is 12.5. The van der Waals surface area contributed by atoms with Gasteiger partial charge in [0.15, 0.2) is 5.69 Å². The zero-order chi connectivity index (χ0) is 27.2. The van der Waals surface area contributed by atoms with Crippen LogP contribution in [0.15, 0.2) is 60.7 Å². The Morgan fingerprint density at radius 3 is 2.24 bits per heavy atom. The van der Waals surface area contributed by atoms with Crippen LogP contribution >= 0.6 is 0 Å². The maximum absolute atomic E-state index is 13.1. The number of aromatic nitrogens is 2. The van der Waals surface area contributed by atoms with Gasteiger partial charge in [-0.1, -0.05) is 68.4 Å². The van der Waals surface area contributed by atoms with E-state index in [0.29, 0.717) is 18.9 Å². The minimum absolute atomic E-state index is 0.0823. The Labute approximate surface area is 218 Å². The van der Waals surface area contributed by atoms with Crippen molar-refractivity contribution in [1.29, 1.82) is 0 Å². The second-order valence-electron chi connectivity index (χ2n) is 10.6. The molecule has 0 aliphatic heterocycles. The molecule has 0 spiro atoms. The monoisotopic (exact) mass is 504 g/mol. The van der Waals surface area contributed by atoms with Crippen molar-refractivity contribution >= 4 is 17.8 Å². The third kappa shape index (κ3) is 7.52. The molecule has 2 aromatic carbocycles. The third-order valence-corrected chi connectivity index (χ3v) is 6.24. The zero-order valence-corrected chi connectivity index (χ0v) is 22.1. The summed E-state index contributed by atoms with van der Waals surface area (Å²) in [4.78, 5) is 39.1. The van der Waals surface area contributed by atoms with Crippen molar-refractivity contribution in [2.24, 2.45) is 11.3 Å². The summed E-state index contributed by atoms with van der Waals surface area (Å²) in [5, 5.41) is 19.3. The van der Waals surface area contributed by atoms with Crippen LogP contribution in [-0.4, -0.2) is 57.6 Å². The first kappa shape index (κ1) is 27.6. The summed E-state index contributed by atoms with van der Waals surface area (Å²) in [5.74, 6) is -1.34. The average Bonchev–Trinajstić information content (AvgIpc) is 3.34. The van der Waals surface area contributed by atoms with Crippen LogP contribution in [0.1, 0.15) is 60.7 Å². The minimum Gasteiger partial charge on any atom is -0.481 e. The number of hydrogen-bond donors (Lipinski definition) is 3. The molecule has 1 aromatic heterocycles. The predicted molar refractivity (Wildman–Crippen MR) is 143 cm³/mol. The fourth-order valence-corrected chi connectivity index (χ4v) is 4.27. The van der Waals surface area contributed by atoms with Crippen LogP contribution in [0.5, 0.6) is 0 Å². The van der Waals surface area contributed by atoms with Crippen molar-refractivity contribution in [3.63, 3.8) is 0 Å². The van der Waals surface area contributed by atoms with E-state index in [4.69, 9.17) is 0 Å². The zero-order valence-electron chi connectivity index (χ0n) is 22.1. The van der Waals surface area contributed by atoms with Gasteiger partial charge in [0, 0.05) is 25.7 Å². The molecular weight excluding hydrogens is 468 g/mol.